The van der Waals surface area contributed by atoms with E-state index in [9.17, 15) is 9.18 Å². The Balaban J connectivity index is 1.39. The first kappa shape index (κ1) is 19.8. The molecule has 1 aliphatic heterocycles. The lowest BCUT2D eigenvalue weighted by Gasteiger charge is -2.13. The zero-order valence-electron chi connectivity index (χ0n) is 16.8. The van der Waals surface area contributed by atoms with Crippen LogP contribution in [0.2, 0.25) is 0 Å². The fourth-order valence-electron chi connectivity index (χ4n) is 3.31. The Morgan fingerprint density at radius 1 is 1.33 bits per heavy atom. The molecule has 4 rings (SSSR count). The van der Waals surface area contributed by atoms with Crippen molar-refractivity contribution in [2.75, 3.05) is 6.61 Å². The number of ether oxygens (including phenoxy) is 2. The number of halogens is 1. The highest BCUT2D eigenvalue weighted by molar-refractivity contribution is 5.75. The summed E-state index contributed by atoms with van der Waals surface area (Å²) in [6.45, 7) is 4.68. The van der Waals surface area contributed by atoms with Gasteiger partial charge in [0.2, 0.25) is 11.7 Å². The summed E-state index contributed by atoms with van der Waals surface area (Å²) < 4.78 is 24.6. The van der Waals surface area contributed by atoms with Crippen molar-refractivity contribution in [3.63, 3.8) is 0 Å². The minimum absolute atomic E-state index is 0.0867. The largest absolute Gasteiger partial charge is 0.494 e. The SMILES string of the molecule is CCOc1cc2c(cc1CNC(=O)Cn1nnc(-c3ccc(F)cc3)n1)O[C@@H](C)C2. The maximum Gasteiger partial charge on any atom is 0.243 e. The number of amides is 1. The van der Waals surface area contributed by atoms with Crippen LogP contribution in [-0.4, -0.2) is 38.8 Å². The Kier molecular flexibility index (Phi) is 5.60. The van der Waals surface area contributed by atoms with Crippen LogP contribution in [0.25, 0.3) is 11.4 Å². The van der Waals surface area contributed by atoms with Gasteiger partial charge in [-0.1, -0.05) is 0 Å². The van der Waals surface area contributed by atoms with E-state index in [0.29, 0.717) is 24.5 Å². The Hall–Kier alpha value is -3.49. The Morgan fingerprint density at radius 3 is 2.90 bits per heavy atom. The standard InChI is InChI=1S/C21H22FN5O3/c1-3-29-18-9-15-8-13(2)30-19(15)10-16(18)11-23-20(28)12-27-25-21(24-26-27)14-4-6-17(22)7-5-14/h4-7,9-10,13H,3,8,11-12H2,1-2H3,(H,23,28)/t13-/m0/s1. The topological polar surface area (TPSA) is 91.2 Å². The summed E-state index contributed by atoms with van der Waals surface area (Å²) in [4.78, 5) is 13.6. The summed E-state index contributed by atoms with van der Waals surface area (Å²) in [6.07, 6.45) is 0.976. The first-order valence-corrected chi connectivity index (χ1v) is 9.77. The summed E-state index contributed by atoms with van der Waals surface area (Å²) in [5.74, 6) is 1.29. The number of fused-ring (bicyclic) bond motifs is 1. The quantitative estimate of drug-likeness (QED) is 0.642. The van der Waals surface area contributed by atoms with E-state index in [1.54, 1.807) is 12.1 Å². The lowest BCUT2D eigenvalue weighted by atomic mass is 10.1. The molecule has 2 heterocycles. The predicted molar refractivity (Wildman–Crippen MR) is 106 cm³/mol. The van der Waals surface area contributed by atoms with Crippen molar-refractivity contribution in [2.24, 2.45) is 0 Å². The molecule has 0 unspecified atom stereocenters. The van der Waals surface area contributed by atoms with Crippen LogP contribution >= 0.6 is 0 Å². The van der Waals surface area contributed by atoms with E-state index in [4.69, 9.17) is 9.47 Å². The maximum absolute atomic E-state index is 13.0. The summed E-state index contributed by atoms with van der Waals surface area (Å²) in [7, 11) is 0. The molecule has 1 N–H and O–H groups in total. The highest BCUT2D eigenvalue weighted by atomic mass is 19.1. The zero-order chi connectivity index (χ0) is 21.1. The van der Waals surface area contributed by atoms with Crippen molar-refractivity contribution < 1.29 is 18.7 Å². The number of benzene rings is 2. The molecule has 1 aromatic heterocycles. The number of rotatable bonds is 7. The highest BCUT2D eigenvalue weighted by Crippen LogP contribution is 2.35. The predicted octanol–water partition coefficient (Wildman–Crippen LogP) is 2.52. The second kappa shape index (κ2) is 8.48. The van der Waals surface area contributed by atoms with Crippen LogP contribution in [0.5, 0.6) is 11.5 Å². The fraction of sp³-hybridized carbons (Fsp3) is 0.333. The van der Waals surface area contributed by atoms with Crippen LogP contribution in [0.3, 0.4) is 0 Å². The van der Waals surface area contributed by atoms with E-state index in [1.165, 1.54) is 16.9 Å². The third-order valence-electron chi connectivity index (χ3n) is 4.70. The van der Waals surface area contributed by atoms with Gasteiger partial charge in [0.05, 0.1) is 6.61 Å². The van der Waals surface area contributed by atoms with Gasteiger partial charge in [-0.2, -0.15) is 4.80 Å². The molecule has 156 valence electrons. The van der Waals surface area contributed by atoms with Crippen LogP contribution in [0.15, 0.2) is 36.4 Å². The monoisotopic (exact) mass is 411 g/mol. The van der Waals surface area contributed by atoms with Crippen molar-refractivity contribution in [2.45, 2.75) is 39.5 Å². The van der Waals surface area contributed by atoms with E-state index < -0.39 is 0 Å². The first-order valence-electron chi connectivity index (χ1n) is 9.77. The molecule has 1 aliphatic rings. The van der Waals surface area contributed by atoms with Crippen LogP contribution in [0.1, 0.15) is 25.0 Å². The van der Waals surface area contributed by atoms with E-state index in [2.05, 4.69) is 20.7 Å². The normalized spacial score (nSPS) is 14.8. The maximum atomic E-state index is 13.0. The molecule has 0 aliphatic carbocycles. The molecule has 1 amide bonds. The van der Waals surface area contributed by atoms with Crippen LogP contribution < -0.4 is 14.8 Å². The molecule has 1 atom stereocenters. The highest BCUT2D eigenvalue weighted by Gasteiger charge is 2.22. The van der Waals surface area contributed by atoms with Crippen molar-refractivity contribution in [1.29, 1.82) is 0 Å². The van der Waals surface area contributed by atoms with Gasteiger partial charge in [0, 0.05) is 29.7 Å². The van der Waals surface area contributed by atoms with Crippen molar-refractivity contribution >= 4 is 5.91 Å². The number of nitrogens with zero attached hydrogens (tertiary/aromatic N) is 4. The lowest BCUT2D eigenvalue weighted by Crippen LogP contribution is -2.28. The molecular weight excluding hydrogens is 389 g/mol. The smallest absolute Gasteiger partial charge is 0.243 e. The van der Waals surface area contributed by atoms with Gasteiger partial charge in [-0.05, 0) is 55.5 Å². The van der Waals surface area contributed by atoms with Crippen LogP contribution in [-0.2, 0) is 24.3 Å². The third-order valence-corrected chi connectivity index (χ3v) is 4.70. The van der Waals surface area contributed by atoms with Gasteiger partial charge in [0.15, 0.2) is 0 Å². The molecule has 3 aromatic rings. The number of aromatic nitrogens is 4. The van der Waals surface area contributed by atoms with E-state index >= 15 is 0 Å². The number of nitrogens with one attached hydrogen (secondary N) is 1. The van der Waals surface area contributed by atoms with Gasteiger partial charge in [-0.25, -0.2) is 4.39 Å². The second-order valence-corrected chi connectivity index (χ2v) is 7.06. The fourth-order valence-corrected chi connectivity index (χ4v) is 3.31. The van der Waals surface area contributed by atoms with E-state index in [-0.39, 0.29) is 24.4 Å². The number of tetrazole rings is 1. The van der Waals surface area contributed by atoms with Crippen LogP contribution in [0.4, 0.5) is 4.39 Å². The van der Waals surface area contributed by atoms with Gasteiger partial charge in [0.25, 0.3) is 0 Å². The Bertz CT molecular complexity index is 1050. The van der Waals surface area contributed by atoms with Crippen LogP contribution in [0, 0.1) is 5.82 Å². The average Bonchev–Trinajstić information content (AvgIpc) is 3.32. The molecule has 9 heteroatoms. The minimum Gasteiger partial charge on any atom is -0.494 e. The molecule has 0 radical (unpaired) electrons. The summed E-state index contributed by atoms with van der Waals surface area (Å²) in [6, 6.07) is 9.66. The minimum atomic E-state index is -0.344. The number of carbonyl (C=O) groups is 1. The molecule has 30 heavy (non-hydrogen) atoms. The lowest BCUT2D eigenvalue weighted by molar-refractivity contribution is -0.122. The molecular formula is C21H22FN5O3. The van der Waals surface area contributed by atoms with Crippen molar-refractivity contribution in [3.8, 4) is 22.9 Å². The number of hydrogen-bond donors (Lipinski definition) is 1. The summed E-state index contributed by atoms with van der Waals surface area (Å²) in [5, 5.41) is 14.8. The summed E-state index contributed by atoms with van der Waals surface area (Å²) in [5.41, 5.74) is 2.58. The number of carbonyl (C=O) groups excluding carboxylic acids is 1. The average molecular weight is 411 g/mol. The Labute approximate surface area is 173 Å². The van der Waals surface area contributed by atoms with Crippen molar-refractivity contribution in [3.05, 3.63) is 53.3 Å². The van der Waals surface area contributed by atoms with Gasteiger partial charge in [0.1, 0.15) is 30.0 Å². The third kappa shape index (κ3) is 4.40. The van der Waals surface area contributed by atoms with E-state index in [1.807, 2.05) is 26.0 Å². The van der Waals surface area contributed by atoms with Crippen molar-refractivity contribution in [1.82, 2.24) is 25.5 Å². The molecule has 0 saturated heterocycles. The molecule has 2 aromatic carbocycles. The first-order chi connectivity index (χ1) is 14.5. The summed E-state index contributed by atoms with van der Waals surface area (Å²) >= 11 is 0. The molecule has 0 fully saturated rings. The van der Waals surface area contributed by atoms with Gasteiger partial charge >= 0.3 is 0 Å². The zero-order valence-corrected chi connectivity index (χ0v) is 16.8. The number of hydrogen-bond acceptors (Lipinski definition) is 6. The van der Waals surface area contributed by atoms with Gasteiger partial charge in [-0.3, -0.25) is 4.79 Å². The van der Waals surface area contributed by atoms with Gasteiger partial charge in [-0.15, -0.1) is 10.2 Å². The molecule has 0 spiro atoms. The Morgan fingerprint density at radius 2 is 2.13 bits per heavy atom. The molecule has 0 saturated carbocycles. The molecule has 0 bridgehead atoms. The van der Waals surface area contributed by atoms with Gasteiger partial charge < -0.3 is 14.8 Å². The second-order valence-electron chi connectivity index (χ2n) is 7.06. The molecule has 8 nitrogen and oxygen atoms in total. The van der Waals surface area contributed by atoms with E-state index in [0.717, 1.165) is 29.0 Å².